The van der Waals surface area contributed by atoms with Gasteiger partial charge in [-0.2, -0.15) is 0 Å². The average Bonchev–Trinajstić information content (AvgIpc) is 2.35. The van der Waals surface area contributed by atoms with E-state index in [1.54, 1.807) is 5.54 Å². The smallest absolute Gasteiger partial charge is 0.0289 e. The normalized spacial score (nSPS) is 13.9. The van der Waals surface area contributed by atoms with Crippen LogP contribution in [0.5, 0.6) is 0 Å². The molecule has 0 aliphatic carbocycles. The molecule has 0 spiro atoms. The summed E-state index contributed by atoms with van der Waals surface area (Å²) in [6.45, 7) is 4.20. The van der Waals surface area contributed by atoms with E-state index in [4.69, 9.17) is 11.6 Å². The Morgan fingerprint density at radius 3 is 2.94 bits per heavy atom. The molecule has 1 unspecified atom stereocenters. The molecule has 0 aromatic heterocycles. The molecule has 0 saturated heterocycles. The highest BCUT2D eigenvalue weighted by Gasteiger charge is 2.03. The maximum absolute atomic E-state index is 5.64. The average molecular weight is 256 g/mol. The van der Waals surface area contributed by atoms with Crippen molar-refractivity contribution in [3.05, 3.63) is 40.9 Å². The molecule has 0 saturated carbocycles. The van der Waals surface area contributed by atoms with Crippen LogP contribution in [-0.4, -0.2) is 12.8 Å². The summed E-state index contributed by atoms with van der Waals surface area (Å²) >= 11 is 7.45. The third-order valence-corrected chi connectivity index (χ3v) is 4.00. The zero-order chi connectivity index (χ0) is 12.0. The van der Waals surface area contributed by atoms with Gasteiger partial charge >= 0.3 is 0 Å². The number of rotatable bonds is 5. The molecule has 88 valence electrons. The van der Waals surface area contributed by atoms with E-state index in [9.17, 15) is 0 Å². The topological polar surface area (TPSA) is 12.0 Å². The number of thioether (sulfide) groups is 1. The first kappa shape index (κ1) is 13.6. The van der Waals surface area contributed by atoms with Crippen LogP contribution in [0, 0.1) is 0 Å². The first-order chi connectivity index (χ1) is 7.67. The van der Waals surface area contributed by atoms with Crippen molar-refractivity contribution in [2.45, 2.75) is 24.8 Å². The molecule has 1 rings (SSSR count). The molecule has 0 aliphatic heterocycles. The highest BCUT2D eigenvalue weighted by Crippen LogP contribution is 2.24. The van der Waals surface area contributed by atoms with Crippen LogP contribution in [0.15, 0.2) is 40.3 Å². The summed E-state index contributed by atoms with van der Waals surface area (Å²) in [5.41, 5.74) is 4.16. The number of benzene rings is 1. The van der Waals surface area contributed by atoms with Gasteiger partial charge in [0, 0.05) is 22.2 Å². The molecule has 1 N–H and O–H groups in total. The predicted molar refractivity (Wildman–Crippen MR) is 74.3 cm³/mol. The van der Waals surface area contributed by atoms with Crippen molar-refractivity contribution in [2.24, 2.45) is 0 Å². The Morgan fingerprint density at radius 1 is 1.56 bits per heavy atom. The van der Waals surface area contributed by atoms with E-state index < -0.39 is 0 Å². The summed E-state index contributed by atoms with van der Waals surface area (Å²) in [6, 6.07) is 9.01. The molecule has 0 bridgehead atoms. The summed E-state index contributed by atoms with van der Waals surface area (Å²) < 4.78 is 0. The molecule has 0 amide bonds. The van der Waals surface area contributed by atoms with Crippen molar-refractivity contribution >= 4 is 23.4 Å². The van der Waals surface area contributed by atoms with Crippen LogP contribution in [0.25, 0.3) is 0 Å². The maximum atomic E-state index is 5.64. The van der Waals surface area contributed by atoms with Gasteiger partial charge in [-0.25, -0.2) is 0 Å². The Bertz CT molecular complexity index is 363. The number of hydrogen-bond donors (Lipinski definition) is 1. The first-order valence-electron chi connectivity index (χ1n) is 5.33. The van der Waals surface area contributed by atoms with Crippen LogP contribution in [0.3, 0.4) is 0 Å². The van der Waals surface area contributed by atoms with Crippen LogP contribution in [0.4, 0.5) is 0 Å². The molecule has 1 nitrogen and oxygen atoms in total. The summed E-state index contributed by atoms with van der Waals surface area (Å²) in [5.74, 6) is 0.945. The van der Waals surface area contributed by atoms with E-state index in [-0.39, 0.29) is 0 Å². The molecule has 3 heteroatoms. The first-order valence-corrected chi connectivity index (χ1v) is 6.75. The zero-order valence-corrected chi connectivity index (χ0v) is 11.5. The molecule has 1 atom stereocenters. The van der Waals surface area contributed by atoms with Gasteiger partial charge in [-0.15, -0.1) is 11.8 Å². The lowest BCUT2D eigenvalue weighted by Crippen LogP contribution is -2.12. The minimum absolute atomic E-state index is 0.394. The zero-order valence-electron chi connectivity index (χ0n) is 9.96. The van der Waals surface area contributed by atoms with Gasteiger partial charge < -0.3 is 5.32 Å². The Balaban J connectivity index is 2.67. The molecule has 1 aromatic rings. The fraction of sp³-hybridized carbons (Fsp3) is 0.385. The second-order valence-electron chi connectivity index (χ2n) is 3.83. The molecule has 0 radical (unpaired) electrons. The lowest BCUT2D eigenvalue weighted by molar-refractivity contribution is 0.651. The third-order valence-electron chi connectivity index (χ3n) is 2.44. The summed E-state index contributed by atoms with van der Waals surface area (Å²) in [7, 11) is 1.98. The highest BCUT2D eigenvalue weighted by atomic mass is 35.5. The summed E-state index contributed by atoms with van der Waals surface area (Å²) in [4.78, 5) is 1.29. The number of nitrogens with one attached hydrogen (secondary N) is 1. The van der Waals surface area contributed by atoms with Gasteiger partial charge in [0.25, 0.3) is 0 Å². The van der Waals surface area contributed by atoms with Crippen molar-refractivity contribution in [1.82, 2.24) is 5.32 Å². The highest BCUT2D eigenvalue weighted by molar-refractivity contribution is 7.99. The fourth-order valence-corrected chi connectivity index (χ4v) is 2.31. The monoisotopic (exact) mass is 255 g/mol. The van der Waals surface area contributed by atoms with E-state index in [0.717, 1.165) is 5.75 Å². The van der Waals surface area contributed by atoms with Crippen molar-refractivity contribution in [3.63, 3.8) is 0 Å². The van der Waals surface area contributed by atoms with Gasteiger partial charge in [0.2, 0.25) is 0 Å². The Morgan fingerprint density at radius 2 is 2.31 bits per heavy atom. The molecule has 1 aromatic carbocycles. The van der Waals surface area contributed by atoms with Gasteiger partial charge in [0.1, 0.15) is 0 Å². The van der Waals surface area contributed by atoms with Gasteiger partial charge in [-0.3, -0.25) is 0 Å². The molecule has 0 aliphatic rings. The molecule has 0 fully saturated rings. The Hall–Kier alpha value is -0.440. The van der Waals surface area contributed by atoms with Gasteiger partial charge in [0.05, 0.1) is 0 Å². The van der Waals surface area contributed by atoms with E-state index >= 15 is 0 Å². The maximum Gasteiger partial charge on any atom is 0.0289 e. The summed E-state index contributed by atoms with van der Waals surface area (Å²) in [6.07, 6.45) is 0. The Kier molecular flexibility index (Phi) is 5.96. The van der Waals surface area contributed by atoms with Crippen LogP contribution in [-0.2, 0) is 0 Å². The van der Waals surface area contributed by atoms with Crippen LogP contribution < -0.4 is 5.32 Å². The SMILES string of the molecule is CNC(C)c1cccc(SC/C(C)=C/Cl)c1. The predicted octanol–water partition coefficient (Wildman–Crippen LogP) is 4.20. The summed E-state index contributed by atoms with van der Waals surface area (Å²) in [5, 5.41) is 3.24. The van der Waals surface area contributed by atoms with E-state index in [1.807, 2.05) is 25.7 Å². The standard InChI is InChI=1S/C13H18ClNS/c1-10(8-14)9-16-13-6-4-5-12(7-13)11(2)15-3/h4-8,11,15H,9H2,1-3H3/b10-8+. The van der Waals surface area contributed by atoms with Gasteiger partial charge in [-0.05, 0) is 38.6 Å². The quantitative estimate of drug-likeness (QED) is 0.792. The molecular formula is C13H18ClNS. The fourth-order valence-electron chi connectivity index (χ4n) is 1.27. The second kappa shape index (κ2) is 7.00. The largest absolute Gasteiger partial charge is 0.313 e. The number of hydrogen-bond acceptors (Lipinski definition) is 2. The van der Waals surface area contributed by atoms with E-state index in [2.05, 4.69) is 36.5 Å². The van der Waals surface area contributed by atoms with Crippen molar-refractivity contribution in [3.8, 4) is 0 Å². The number of halogens is 1. The third kappa shape index (κ3) is 4.20. The lowest BCUT2D eigenvalue weighted by Gasteiger charge is -2.11. The minimum Gasteiger partial charge on any atom is -0.313 e. The van der Waals surface area contributed by atoms with Crippen LogP contribution in [0.2, 0.25) is 0 Å². The van der Waals surface area contributed by atoms with E-state index in [0.29, 0.717) is 6.04 Å². The molecule has 16 heavy (non-hydrogen) atoms. The minimum atomic E-state index is 0.394. The van der Waals surface area contributed by atoms with E-state index in [1.165, 1.54) is 16.0 Å². The Labute approximate surface area is 107 Å². The second-order valence-corrected chi connectivity index (χ2v) is 5.09. The van der Waals surface area contributed by atoms with Crippen LogP contribution >= 0.6 is 23.4 Å². The molecule has 0 heterocycles. The van der Waals surface area contributed by atoms with Crippen molar-refractivity contribution < 1.29 is 0 Å². The van der Waals surface area contributed by atoms with Crippen LogP contribution in [0.1, 0.15) is 25.5 Å². The van der Waals surface area contributed by atoms with Crippen molar-refractivity contribution in [1.29, 1.82) is 0 Å². The van der Waals surface area contributed by atoms with Gasteiger partial charge in [-0.1, -0.05) is 29.3 Å². The van der Waals surface area contributed by atoms with Gasteiger partial charge in [0.15, 0.2) is 0 Å². The lowest BCUT2D eigenvalue weighted by atomic mass is 10.1. The molecular weight excluding hydrogens is 238 g/mol. The van der Waals surface area contributed by atoms with Crippen molar-refractivity contribution in [2.75, 3.05) is 12.8 Å².